The zero-order chi connectivity index (χ0) is 18.7. The lowest BCUT2D eigenvalue weighted by Crippen LogP contribution is -2.33. The van der Waals surface area contributed by atoms with Crippen molar-refractivity contribution in [3.8, 4) is 10.6 Å². The number of nitrogens with zero attached hydrogens (tertiary/aromatic N) is 2. The van der Waals surface area contributed by atoms with Crippen LogP contribution in [0.15, 0.2) is 57.4 Å². The molecule has 3 aromatic rings. The summed E-state index contributed by atoms with van der Waals surface area (Å²) in [6.07, 6.45) is 3.38. The molecule has 0 atom stereocenters. The quantitative estimate of drug-likeness (QED) is 0.570. The van der Waals surface area contributed by atoms with Crippen molar-refractivity contribution in [3.63, 3.8) is 0 Å². The van der Waals surface area contributed by atoms with E-state index in [2.05, 4.69) is 39.0 Å². The average molecular weight is 440 g/mol. The van der Waals surface area contributed by atoms with Crippen LogP contribution in [0.3, 0.4) is 0 Å². The fraction of sp³-hybridized carbons (Fsp3) is 0.316. The van der Waals surface area contributed by atoms with Gasteiger partial charge in [0, 0.05) is 25.7 Å². The molecule has 0 bridgehead atoms. The first-order valence-electron chi connectivity index (χ1n) is 8.91. The number of hydrogen-bond acceptors (Lipinski definition) is 6. The Kier molecular flexibility index (Phi) is 6.90. The normalized spacial score (nSPS) is 14.4. The van der Waals surface area contributed by atoms with Crippen LogP contribution in [0.1, 0.15) is 17.5 Å². The summed E-state index contributed by atoms with van der Waals surface area (Å²) >= 11 is 1.18. The molecule has 0 saturated heterocycles. The molecule has 3 heterocycles. The van der Waals surface area contributed by atoms with Crippen LogP contribution in [-0.4, -0.2) is 38.1 Å². The van der Waals surface area contributed by atoms with Crippen molar-refractivity contribution in [2.75, 3.05) is 19.6 Å². The molecule has 0 amide bonds. The van der Waals surface area contributed by atoms with Gasteiger partial charge in [-0.3, -0.25) is 4.90 Å². The molecule has 4 rings (SSSR count). The number of rotatable bonds is 7. The van der Waals surface area contributed by atoms with Gasteiger partial charge >= 0.3 is 0 Å². The Bertz CT molecular complexity index is 1000. The van der Waals surface area contributed by atoms with Crippen molar-refractivity contribution < 1.29 is 12.9 Å². The second-order valence-electron chi connectivity index (χ2n) is 6.54. The van der Waals surface area contributed by atoms with Crippen LogP contribution >= 0.6 is 23.7 Å². The van der Waals surface area contributed by atoms with Crippen molar-refractivity contribution in [1.82, 2.24) is 14.8 Å². The Balaban J connectivity index is 0.00000225. The molecule has 9 heteroatoms. The lowest BCUT2D eigenvalue weighted by molar-refractivity contribution is 0.251. The van der Waals surface area contributed by atoms with Crippen LogP contribution in [0.25, 0.3) is 10.6 Å². The molecule has 0 spiro atoms. The van der Waals surface area contributed by atoms with Crippen LogP contribution in [-0.2, 0) is 23.0 Å². The highest BCUT2D eigenvalue weighted by Crippen LogP contribution is 2.30. The predicted molar refractivity (Wildman–Crippen MR) is 112 cm³/mol. The van der Waals surface area contributed by atoms with Gasteiger partial charge in [0.2, 0.25) is 10.0 Å². The van der Waals surface area contributed by atoms with E-state index in [4.69, 9.17) is 4.52 Å². The molecule has 0 saturated carbocycles. The standard InChI is InChI=1S/C19H21N3O3S2.ClH/c23-27(24,19-7-6-18(26-19)17-8-11-20-25-17)21-10-3-12-22-13-9-15-4-1-2-5-16(15)14-22;/h1-2,4-8,11,21H,3,9-10,12-14H2;1H. The molecule has 6 nitrogen and oxygen atoms in total. The van der Waals surface area contributed by atoms with Gasteiger partial charge in [-0.1, -0.05) is 29.4 Å². The van der Waals surface area contributed by atoms with E-state index < -0.39 is 10.0 Å². The first-order chi connectivity index (χ1) is 13.1. The van der Waals surface area contributed by atoms with Crippen molar-refractivity contribution in [3.05, 3.63) is 59.8 Å². The summed E-state index contributed by atoms with van der Waals surface area (Å²) in [5, 5.41) is 3.65. The Morgan fingerprint density at radius 2 is 1.96 bits per heavy atom. The first-order valence-corrected chi connectivity index (χ1v) is 11.2. The van der Waals surface area contributed by atoms with E-state index in [1.54, 1.807) is 24.4 Å². The van der Waals surface area contributed by atoms with Gasteiger partial charge in [0.1, 0.15) is 4.21 Å². The van der Waals surface area contributed by atoms with Crippen molar-refractivity contribution in [2.45, 2.75) is 23.6 Å². The fourth-order valence-electron chi connectivity index (χ4n) is 3.27. The summed E-state index contributed by atoms with van der Waals surface area (Å²) in [5.74, 6) is 0.576. The monoisotopic (exact) mass is 439 g/mol. The van der Waals surface area contributed by atoms with E-state index in [1.165, 1.54) is 22.5 Å². The number of nitrogens with one attached hydrogen (secondary N) is 1. The van der Waals surface area contributed by atoms with Crippen LogP contribution in [0.4, 0.5) is 0 Å². The van der Waals surface area contributed by atoms with Gasteiger partial charge in [0.25, 0.3) is 0 Å². The van der Waals surface area contributed by atoms with Gasteiger partial charge < -0.3 is 4.52 Å². The summed E-state index contributed by atoms with van der Waals surface area (Å²) < 4.78 is 33.0. The average Bonchev–Trinajstić information content (AvgIpc) is 3.36. The van der Waals surface area contributed by atoms with Crippen molar-refractivity contribution in [2.24, 2.45) is 0 Å². The van der Waals surface area contributed by atoms with E-state index in [1.807, 2.05) is 0 Å². The van der Waals surface area contributed by atoms with E-state index in [-0.39, 0.29) is 12.4 Å². The van der Waals surface area contributed by atoms with Gasteiger partial charge in [-0.05, 0) is 42.6 Å². The number of fused-ring (bicyclic) bond motifs is 1. The highest BCUT2D eigenvalue weighted by Gasteiger charge is 2.19. The minimum atomic E-state index is -3.49. The summed E-state index contributed by atoms with van der Waals surface area (Å²) in [6.45, 7) is 3.27. The predicted octanol–water partition coefficient (Wildman–Crippen LogP) is 3.55. The molecule has 0 fully saturated rings. The van der Waals surface area contributed by atoms with E-state index in [0.29, 0.717) is 16.5 Å². The van der Waals surface area contributed by atoms with Gasteiger partial charge in [0.05, 0.1) is 11.1 Å². The van der Waals surface area contributed by atoms with Crippen LogP contribution in [0.2, 0.25) is 0 Å². The molecule has 0 radical (unpaired) electrons. The minimum absolute atomic E-state index is 0. The Labute approximate surface area is 175 Å². The summed E-state index contributed by atoms with van der Waals surface area (Å²) in [6, 6.07) is 13.6. The largest absolute Gasteiger partial charge is 0.355 e. The molecule has 0 aliphatic carbocycles. The van der Waals surface area contributed by atoms with E-state index >= 15 is 0 Å². The second-order valence-corrected chi connectivity index (χ2v) is 9.62. The number of benzene rings is 1. The topological polar surface area (TPSA) is 75.4 Å². The Hall–Kier alpha value is -1.71. The van der Waals surface area contributed by atoms with Crippen molar-refractivity contribution in [1.29, 1.82) is 0 Å². The zero-order valence-electron chi connectivity index (χ0n) is 15.2. The van der Waals surface area contributed by atoms with Crippen molar-refractivity contribution >= 4 is 33.8 Å². The molecule has 1 aliphatic rings. The van der Waals surface area contributed by atoms with Gasteiger partial charge in [-0.15, -0.1) is 23.7 Å². The Morgan fingerprint density at radius 3 is 2.75 bits per heavy atom. The minimum Gasteiger partial charge on any atom is -0.355 e. The first kappa shape index (κ1) is 21.0. The highest BCUT2D eigenvalue weighted by molar-refractivity contribution is 7.91. The zero-order valence-corrected chi connectivity index (χ0v) is 17.7. The van der Waals surface area contributed by atoms with Crippen LogP contribution in [0, 0.1) is 0 Å². The molecule has 1 aromatic carbocycles. The van der Waals surface area contributed by atoms with Crippen LogP contribution in [0.5, 0.6) is 0 Å². The number of sulfonamides is 1. The smallest absolute Gasteiger partial charge is 0.250 e. The number of halogens is 1. The summed E-state index contributed by atoms with van der Waals surface area (Å²) in [5.41, 5.74) is 2.80. The van der Waals surface area contributed by atoms with E-state index in [0.717, 1.165) is 37.4 Å². The second kappa shape index (κ2) is 9.19. The lowest BCUT2D eigenvalue weighted by atomic mass is 10.00. The third-order valence-corrected chi connectivity index (χ3v) is 7.73. The SMILES string of the molecule is Cl.O=S(=O)(NCCCN1CCc2ccccc2C1)c1ccc(-c2ccno2)s1. The maximum absolute atomic E-state index is 12.5. The third-order valence-electron chi connectivity index (χ3n) is 4.68. The molecule has 1 N–H and O–H groups in total. The highest BCUT2D eigenvalue weighted by atomic mass is 35.5. The molecule has 28 heavy (non-hydrogen) atoms. The number of hydrogen-bond donors (Lipinski definition) is 1. The van der Waals surface area contributed by atoms with E-state index in [9.17, 15) is 8.42 Å². The lowest BCUT2D eigenvalue weighted by Gasteiger charge is -2.28. The molecule has 2 aromatic heterocycles. The molecule has 1 aliphatic heterocycles. The third kappa shape index (κ3) is 4.82. The molecular formula is C19H22ClN3O3S2. The number of thiophene rings is 1. The summed E-state index contributed by atoms with van der Waals surface area (Å²) in [4.78, 5) is 3.13. The fourth-order valence-corrected chi connectivity index (χ4v) is 5.65. The molecule has 0 unspecified atom stereocenters. The maximum Gasteiger partial charge on any atom is 0.250 e. The van der Waals surface area contributed by atoms with Gasteiger partial charge in [-0.25, -0.2) is 13.1 Å². The van der Waals surface area contributed by atoms with Crippen LogP contribution < -0.4 is 4.72 Å². The number of aromatic nitrogens is 1. The van der Waals surface area contributed by atoms with Gasteiger partial charge in [-0.2, -0.15) is 0 Å². The molecular weight excluding hydrogens is 418 g/mol. The molecule has 150 valence electrons. The Morgan fingerprint density at radius 1 is 1.14 bits per heavy atom. The summed E-state index contributed by atoms with van der Waals surface area (Å²) in [7, 11) is -3.49. The maximum atomic E-state index is 12.5. The van der Waals surface area contributed by atoms with Gasteiger partial charge in [0.15, 0.2) is 5.76 Å².